The van der Waals surface area contributed by atoms with E-state index in [1.165, 1.54) is 6.20 Å². The largest absolute Gasteiger partial charge is 0.437 e. The van der Waals surface area contributed by atoms with Gasteiger partial charge in [0, 0.05) is 22.3 Å². The van der Waals surface area contributed by atoms with Crippen molar-refractivity contribution in [2.45, 2.75) is 0 Å². The van der Waals surface area contributed by atoms with Gasteiger partial charge in [-0.1, -0.05) is 27.5 Å². The average Bonchev–Trinajstić information content (AvgIpc) is 2.33. The fraction of sp³-hybridized carbons (Fsp3) is 0. The Morgan fingerprint density at radius 2 is 2.11 bits per heavy atom. The normalized spacial score (nSPS) is 10.1. The van der Waals surface area contributed by atoms with Crippen molar-refractivity contribution in [3.8, 4) is 11.6 Å². The van der Waals surface area contributed by atoms with Gasteiger partial charge in [-0.2, -0.15) is 0 Å². The summed E-state index contributed by atoms with van der Waals surface area (Å²) in [6.07, 6.45) is 1.53. The maximum atomic E-state index is 7.34. The Labute approximate surface area is 117 Å². The Morgan fingerprint density at radius 1 is 1.33 bits per heavy atom. The fourth-order valence-electron chi connectivity index (χ4n) is 1.30. The van der Waals surface area contributed by atoms with Crippen molar-refractivity contribution < 1.29 is 4.74 Å². The summed E-state index contributed by atoms with van der Waals surface area (Å²) in [5.74, 6) is 0.796. The minimum Gasteiger partial charge on any atom is -0.437 e. The number of benzene rings is 1. The van der Waals surface area contributed by atoms with Gasteiger partial charge in [-0.15, -0.1) is 0 Å². The van der Waals surface area contributed by atoms with E-state index in [1.54, 1.807) is 24.3 Å². The molecule has 0 radical (unpaired) electrons. The van der Waals surface area contributed by atoms with E-state index < -0.39 is 0 Å². The van der Waals surface area contributed by atoms with Crippen LogP contribution in [0.2, 0.25) is 5.02 Å². The molecule has 0 unspecified atom stereocenters. The summed E-state index contributed by atoms with van der Waals surface area (Å²) in [5, 5.41) is 7.82. The predicted molar refractivity (Wildman–Crippen MR) is 74.5 cm³/mol. The van der Waals surface area contributed by atoms with Crippen molar-refractivity contribution in [3.63, 3.8) is 0 Å². The lowest BCUT2D eigenvalue weighted by molar-refractivity contribution is 0.463. The van der Waals surface area contributed by atoms with Crippen LogP contribution in [-0.4, -0.2) is 10.8 Å². The number of aromatic nitrogens is 1. The van der Waals surface area contributed by atoms with Gasteiger partial charge in [0.25, 0.3) is 0 Å². The molecule has 1 aromatic carbocycles. The molecule has 0 aliphatic heterocycles. The number of nitrogens with zero attached hydrogens (tertiary/aromatic N) is 1. The average molecular weight is 327 g/mol. The monoisotopic (exact) mass is 325 g/mol. The zero-order valence-electron chi connectivity index (χ0n) is 9.15. The molecule has 92 valence electrons. The third-order valence-corrected chi connectivity index (χ3v) is 2.94. The Morgan fingerprint density at radius 3 is 2.78 bits per heavy atom. The molecule has 0 saturated carbocycles. The van der Waals surface area contributed by atoms with Crippen LogP contribution < -0.4 is 10.5 Å². The lowest BCUT2D eigenvalue weighted by Crippen LogP contribution is -2.11. The number of hydrogen-bond donors (Lipinski definition) is 2. The summed E-state index contributed by atoms with van der Waals surface area (Å²) >= 11 is 9.34. The fourth-order valence-corrected chi connectivity index (χ4v) is 2.02. The van der Waals surface area contributed by atoms with E-state index in [-0.39, 0.29) is 5.84 Å². The molecule has 0 bridgehead atoms. The lowest BCUT2D eigenvalue weighted by atomic mass is 10.2. The van der Waals surface area contributed by atoms with Crippen LogP contribution >= 0.6 is 27.5 Å². The second-order valence-corrected chi connectivity index (χ2v) is 4.80. The Balaban J connectivity index is 2.28. The molecule has 4 nitrogen and oxygen atoms in total. The smallest absolute Gasteiger partial charge is 0.219 e. The molecule has 0 saturated heterocycles. The standard InChI is InChI=1S/C12H9BrClN3O/c13-8-1-2-10(9(14)6-8)18-11-5-7(12(15)16)3-4-17-11/h1-6H,(H3,15,16). The first-order valence-corrected chi connectivity index (χ1v) is 6.17. The van der Waals surface area contributed by atoms with Gasteiger partial charge in [0.15, 0.2) is 0 Å². The summed E-state index contributed by atoms with van der Waals surface area (Å²) in [6.45, 7) is 0. The first kappa shape index (κ1) is 12.9. The van der Waals surface area contributed by atoms with E-state index in [9.17, 15) is 0 Å². The van der Waals surface area contributed by atoms with E-state index in [1.807, 2.05) is 6.07 Å². The molecule has 1 heterocycles. The Bertz CT molecular complexity index is 604. The van der Waals surface area contributed by atoms with Gasteiger partial charge in [-0.25, -0.2) is 4.98 Å². The molecule has 2 rings (SSSR count). The van der Waals surface area contributed by atoms with Crippen molar-refractivity contribution in [3.05, 3.63) is 51.6 Å². The molecule has 6 heteroatoms. The van der Waals surface area contributed by atoms with Crippen LogP contribution in [0.25, 0.3) is 0 Å². The zero-order chi connectivity index (χ0) is 13.1. The second-order valence-electron chi connectivity index (χ2n) is 3.47. The number of nitrogen functional groups attached to an aromatic ring is 1. The maximum Gasteiger partial charge on any atom is 0.219 e. The van der Waals surface area contributed by atoms with E-state index in [2.05, 4.69) is 20.9 Å². The maximum absolute atomic E-state index is 7.34. The van der Waals surface area contributed by atoms with Gasteiger partial charge >= 0.3 is 0 Å². The number of ether oxygens (including phenoxy) is 1. The molecule has 0 aliphatic rings. The highest BCUT2D eigenvalue weighted by Gasteiger charge is 2.06. The first-order chi connectivity index (χ1) is 8.56. The van der Waals surface area contributed by atoms with E-state index in [0.717, 1.165) is 4.47 Å². The molecular weight excluding hydrogens is 318 g/mol. The van der Waals surface area contributed by atoms with Gasteiger partial charge in [0.1, 0.15) is 11.6 Å². The molecule has 0 atom stereocenters. The van der Waals surface area contributed by atoms with Crippen molar-refractivity contribution in [2.75, 3.05) is 0 Å². The Hall–Kier alpha value is -1.59. The van der Waals surface area contributed by atoms with Gasteiger partial charge in [0.05, 0.1) is 5.02 Å². The van der Waals surface area contributed by atoms with Crippen LogP contribution in [0.1, 0.15) is 5.56 Å². The van der Waals surface area contributed by atoms with Crippen LogP contribution in [0, 0.1) is 5.41 Å². The lowest BCUT2D eigenvalue weighted by Gasteiger charge is -2.07. The predicted octanol–water partition coefficient (Wildman–Crippen LogP) is 3.57. The summed E-state index contributed by atoms with van der Waals surface area (Å²) in [7, 11) is 0. The molecule has 3 N–H and O–H groups in total. The van der Waals surface area contributed by atoms with Crippen LogP contribution in [-0.2, 0) is 0 Å². The van der Waals surface area contributed by atoms with Gasteiger partial charge < -0.3 is 10.5 Å². The van der Waals surface area contributed by atoms with E-state index in [4.69, 9.17) is 27.5 Å². The van der Waals surface area contributed by atoms with Crippen LogP contribution in [0.3, 0.4) is 0 Å². The third kappa shape index (κ3) is 3.00. The molecule has 0 amide bonds. The summed E-state index contributed by atoms with van der Waals surface area (Å²) in [6, 6.07) is 8.50. The molecule has 0 spiro atoms. The summed E-state index contributed by atoms with van der Waals surface area (Å²) in [5.41, 5.74) is 5.94. The van der Waals surface area contributed by atoms with Gasteiger partial charge in [0.2, 0.25) is 5.88 Å². The number of nitrogens with one attached hydrogen (secondary N) is 1. The van der Waals surface area contributed by atoms with Crippen molar-refractivity contribution >= 4 is 33.4 Å². The molecular formula is C12H9BrClN3O. The first-order valence-electron chi connectivity index (χ1n) is 4.99. The highest BCUT2D eigenvalue weighted by molar-refractivity contribution is 9.10. The van der Waals surface area contributed by atoms with Crippen LogP contribution in [0.4, 0.5) is 0 Å². The number of rotatable bonds is 3. The topological polar surface area (TPSA) is 72.0 Å². The minimum absolute atomic E-state index is 0.0378. The minimum atomic E-state index is -0.0378. The second kappa shape index (κ2) is 5.37. The Kier molecular flexibility index (Phi) is 3.84. The SMILES string of the molecule is N=C(N)c1ccnc(Oc2ccc(Br)cc2Cl)c1. The van der Waals surface area contributed by atoms with E-state index >= 15 is 0 Å². The van der Waals surface area contributed by atoms with Crippen molar-refractivity contribution in [1.29, 1.82) is 5.41 Å². The third-order valence-electron chi connectivity index (χ3n) is 2.15. The highest BCUT2D eigenvalue weighted by atomic mass is 79.9. The van der Waals surface area contributed by atoms with Gasteiger partial charge in [-0.05, 0) is 24.3 Å². The summed E-state index contributed by atoms with van der Waals surface area (Å²) < 4.78 is 6.40. The number of pyridine rings is 1. The van der Waals surface area contributed by atoms with Crippen molar-refractivity contribution in [2.24, 2.45) is 5.73 Å². The van der Waals surface area contributed by atoms with Crippen LogP contribution in [0.15, 0.2) is 41.0 Å². The molecule has 0 fully saturated rings. The molecule has 2 aromatic rings. The molecule has 0 aliphatic carbocycles. The molecule has 18 heavy (non-hydrogen) atoms. The summed E-state index contributed by atoms with van der Waals surface area (Å²) in [4.78, 5) is 4.04. The zero-order valence-corrected chi connectivity index (χ0v) is 11.5. The van der Waals surface area contributed by atoms with Gasteiger partial charge in [-0.3, -0.25) is 5.41 Å². The number of hydrogen-bond acceptors (Lipinski definition) is 3. The quantitative estimate of drug-likeness (QED) is 0.669. The van der Waals surface area contributed by atoms with Crippen LogP contribution in [0.5, 0.6) is 11.6 Å². The van der Waals surface area contributed by atoms with Crippen molar-refractivity contribution in [1.82, 2.24) is 4.98 Å². The number of nitrogens with two attached hydrogens (primary N) is 1. The molecule has 1 aromatic heterocycles. The van der Waals surface area contributed by atoms with E-state index in [0.29, 0.717) is 22.2 Å². The highest BCUT2D eigenvalue weighted by Crippen LogP contribution is 2.30. The number of halogens is 2. The number of amidine groups is 1.